The van der Waals surface area contributed by atoms with E-state index in [1.54, 1.807) is 6.42 Å². The second-order valence-electron chi connectivity index (χ2n) is 7.00. The van der Waals surface area contributed by atoms with Gasteiger partial charge in [-0.3, -0.25) is 0 Å². The minimum atomic E-state index is 0.666. The Kier molecular flexibility index (Phi) is 2.68. The summed E-state index contributed by atoms with van der Waals surface area (Å²) in [5.41, 5.74) is 0.666. The summed E-state index contributed by atoms with van der Waals surface area (Å²) in [6, 6.07) is 0. The van der Waals surface area contributed by atoms with Crippen molar-refractivity contribution in [1.82, 2.24) is 0 Å². The van der Waals surface area contributed by atoms with E-state index in [9.17, 15) is 0 Å². The number of fused-ring (bicyclic) bond motifs is 1. The largest absolute Gasteiger partial charge is 0.0625 e. The molecule has 3 atom stereocenters. The molecule has 0 heteroatoms. The van der Waals surface area contributed by atoms with Crippen LogP contribution in [0.3, 0.4) is 0 Å². The smallest absolute Gasteiger partial charge is 0.0190 e. The average molecular weight is 208 g/mol. The molecular formula is C15H28. The summed E-state index contributed by atoms with van der Waals surface area (Å²) < 4.78 is 0. The number of rotatable bonds is 3. The van der Waals surface area contributed by atoms with Crippen molar-refractivity contribution >= 4 is 0 Å². The molecule has 2 rings (SSSR count). The van der Waals surface area contributed by atoms with Crippen molar-refractivity contribution in [3.05, 3.63) is 0 Å². The Morgan fingerprint density at radius 3 is 1.73 bits per heavy atom. The lowest BCUT2D eigenvalue weighted by molar-refractivity contribution is 0.00583. The predicted molar refractivity (Wildman–Crippen MR) is 66.7 cm³/mol. The predicted octanol–water partition coefficient (Wildman–Crippen LogP) is 4.60. The van der Waals surface area contributed by atoms with E-state index < -0.39 is 0 Å². The summed E-state index contributed by atoms with van der Waals surface area (Å²) in [6.07, 6.45) is 3.07. The van der Waals surface area contributed by atoms with Crippen molar-refractivity contribution < 1.29 is 0 Å². The van der Waals surface area contributed by atoms with Crippen molar-refractivity contribution in [2.24, 2.45) is 40.9 Å². The van der Waals surface area contributed by atoms with Gasteiger partial charge in [-0.15, -0.1) is 0 Å². The molecule has 88 valence electrons. The Morgan fingerprint density at radius 1 is 0.867 bits per heavy atom. The molecule has 0 radical (unpaired) electrons. The van der Waals surface area contributed by atoms with Crippen LogP contribution in [0.15, 0.2) is 0 Å². The van der Waals surface area contributed by atoms with Crippen LogP contribution < -0.4 is 0 Å². The normalized spacial score (nSPS) is 37.8. The van der Waals surface area contributed by atoms with Crippen molar-refractivity contribution in [1.29, 1.82) is 0 Å². The van der Waals surface area contributed by atoms with Gasteiger partial charge in [-0.2, -0.15) is 0 Å². The van der Waals surface area contributed by atoms with Crippen LogP contribution in [-0.2, 0) is 0 Å². The second-order valence-corrected chi connectivity index (χ2v) is 7.00. The van der Waals surface area contributed by atoms with E-state index in [4.69, 9.17) is 0 Å². The molecule has 2 aliphatic carbocycles. The topological polar surface area (TPSA) is 0 Å². The number of hydrogen-bond acceptors (Lipinski definition) is 0. The lowest BCUT2D eigenvalue weighted by Gasteiger charge is -2.47. The minimum Gasteiger partial charge on any atom is -0.0625 e. The van der Waals surface area contributed by atoms with E-state index in [0.29, 0.717) is 5.41 Å². The Labute approximate surface area is 95.8 Å². The summed E-state index contributed by atoms with van der Waals surface area (Å²) in [7, 11) is 0. The fourth-order valence-electron chi connectivity index (χ4n) is 5.15. The highest BCUT2D eigenvalue weighted by molar-refractivity contribution is 5.13. The third-order valence-corrected chi connectivity index (χ3v) is 5.57. The van der Waals surface area contributed by atoms with Crippen molar-refractivity contribution in [2.45, 2.75) is 54.4 Å². The molecular weight excluding hydrogens is 180 g/mol. The first-order valence-electron chi connectivity index (χ1n) is 6.92. The molecule has 0 nitrogen and oxygen atoms in total. The standard InChI is InChI=1S/C15H28/c1-9(2)13-7-12-8-14(12)15(13,10(3)4)11(5)6/h9-14H,7-8H2,1-6H3/t12-,13+,14+/m1/s1. The van der Waals surface area contributed by atoms with Gasteiger partial charge in [0, 0.05) is 0 Å². The highest BCUT2D eigenvalue weighted by Crippen LogP contribution is 2.71. The summed E-state index contributed by atoms with van der Waals surface area (Å²) in [4.78, 5) is 0. The van der Waals surface area contributed by atoms with Gasteiger partial charge in [0.15, 0.2) is 0 Å². The first-order chi connectivity index (χ1) is 6.92. The molecule has 0 aromatic rings. The minimum absolute atomic E-state index is 0.666. The third-order valence-electron chi connectivity index (χ3n) is 5.57. The summed E-state index contributed by atoms with van der Waals surface area (Å²) in [6.45, 7) is 14.8. The van der Waals surface area contributed by atoms with E-state index >= 15 is 0 Å². The van der Waals surface area contributed by atoms with Gasteiger partial charge in [0.1, 0.15) is 0 Å². The van der Waals surface area contributed by atoms with Gasteiger partial charge < -0.3 is 0 Å². The van der Waals surface area contributed by atoms with Crippen LogP contribution in [0.4, 0.5) is 0 Å². The van der Waals surface area contributed by atoms with Crippen molar-refractivity contribution in [3.63, 3.8) is 0 Å². The zero-order valence-electron chi connectivity index (χ0n) is 11.4. The Bertz CT molecular complexity index is 228. The average Bonchev–Trinajstić information content (AvgIpc) is 2.77. The summed E-state index contributed by atoms with van der Waals surface area (Å²) >= 11 is 0. The number of hydrogen-bond donors (Lipinski definition) is 0. The van der Waals surface area contributed by atoms with Crippen LogP contribution in [-0.4, -0.2) is 0 Å². The second kappa shape index (κ2) is 3.50. The van der Waals surface area contributed by atoms with E-state index in [1.165, 1.54) is 6.42 Å². The van der Waals surface area contributed by atoms with E-state index in [2.05, 4.69) is 41.5 Å². The first-order valence-corrected chi connectivity index (χ1v) is 6.92. The first kappa shape index (κ1) is 11.5. The van der Waals surface area contributed by atoms with Gasteiger partial charge in [0.25, 0.3) is 0 Å². The molecule has 0 saturated heterocycles. The fourth-order valence-corrected chi connectivity index (χ4v) is 5.15. The maximum atomic E-state index is 2.47. The highest BCUT2D eigenvalue weighted by Gasteiger charge is 2.65. The van der Waals surface area contributed by atoms with Gasteiger partial charge in [0.2, 0.25) is 0 Å². The van der Waals surface area contributed by atoms with Crippen LogP contribution in [0.5, 0.6) is 0 Å². The lowest BCUT2D eigenvalue weighted by atomic mass is 9.57. The summed E-state index contributed by atoms with van der Waals surface area (Å²) in [5, 5.41) is 0. The molecule has 0 amide bonds. The molecule has 15 heavy (non-hydrogen) atoms. The van der Waals surface area contributed by atoms with Gasteiger partial charge in [0.05, 0.1) is 0 Å². The van der Waals surface area contributed by atoms with Gasteiger partial charge in [-0.05, 0) is 53.8 Å². The molecule has 2 aliphatic rings. The quantitative estimate of drug-likeness (QED) is 0.636. The fraction of sp³-hybridized carbons (Fsp3) is 1.00. The maximum absolute atomic E-state index is 2.47. The van der Waals surface area contributed by atoms with Crippen LogP contribution in [0.1, 0.15) is 54.4 Å². The maximum Gasteiger partial charge on any atom is -0.0190 e. The van der Waals surface area contributed by atoms with Crippen LogP contribution in [0.2, 0.25) is 0 Å². The Balaban J connectivity index is 2.34. The Morgan fingerprint density at radius 2 is 1.40 bits per heavy atom. The Hall–Kier alpha value is 0. The van der Waals surface area contributed by atoms with Crippen LogP contribution >= 0.6 is 0 Å². The van der Waals surface area contributed by atoms with E-state index in [1.807, 2.05) is 0 Å². The highest BCUT2D eigenvalue weighted by atomic mass is 14.7. The van der Waals surface area contributed by atoms with E-state index in [0.717, 1.165) is 35.5 Å². The van der Waals surface area contributed by atoms with Crippen molar-refractivity contribution in [3.8, 4) is 0 Å². The zero-order valence-corrected chi connectivity index (χ0v) is 11.4. The van der Waals surface area contributed by atoms with Gasteiger partial charge in [-0.1, -0.05) is 41.5 Å². The monoisotopic (exact) mass is 208 g/mol. The third kappa shape index (κ3) is 1.40. The molecule has 0 N–H and O–H groups in total. The molecule has 0 aromatic heterocycles. The SMILES string of the molecule is CC(C)[C@@H]1C[C@@H]2C[C@@H]2C1(C(C)C)C(C)C. The van der Waals surface area contributed by atoms with Gasteiger partial charge >= 0.3 is 0 Å². The van der Waals surface area contributed by atoms with Crippen LogP contribution in [0, 0.1) is 40.9 Å². The molecule has 0 aromatic carbocycles. The summed E-state index contributed by atoms with van der Waals surface area (Å²) in [5.74, 6) is 5.76. The van der Waals surface area contributed by atoms with Crippen molar-refractivity contribution in [2.75, 3.05) is 0 Å². The lowest BCUT2D eigenvalue weighted by Crippen LogP contribution is -2.42. The molecule has 0 spiro atoms. The molecule has 2 fully saturated rings. The molecule has 0 bridgehead atoms. The molecule has 0 unspecified atom stereocenters. The van der Waals surface area contributed by atoms with Gasteiger partial charge in [-0.25, -0.2) is 0 Å². The van der Waals surface area contributed by atoms with Crippen LogP contribution in [0.25, 0.3) is 0 Å². The van der Waals surface area contributed by atoms with E-state index in [-0.39, 0.29) is 0 Å². The molecule has 0 heterocycles. The molecule has 2 saturated carbocycles. The zero-order chi connectivity index (χ0) is 11.4. The molecule has 0 aliphatic heterocycles.